The van der Waals surface area contributed by atoms with Crippen LogP contribution >= 0.6 is 11.6 Å². The van der Waals surface area contributed by atoms with Gasteiger partial charge in [-0.2, -0.15) is 5.26 Å². The van der Waals surface area contributed by atoms with Gasteiger partial charge in [-0.05, 0) is 49.2 Å². The number of piperidine rings is 1. The third-order valence-corrected chi connectivity index (χ3v) is 7.70. The van der Waals surface area contributed by atoms with Crippen molar-refractivity contribution in [3.8, 4) is 11.8 Å². The second kappa shape index (κ2) is 9.13. The first-order valence-corrected chi connectivity index (χ1v) is 12.1. The van der Waals surface area contributed by atoms with Crippen LogP contribution in [0.25, 0.3) is 0 Å². The zero-order valence-electron chi connectivity index (χ0n) is 20.1. The normalized spacial score (nSPS) is 23.5. The number of anilines is 1. The van der Waals surface area contributed by atoms with E-state index in [0.29, 0.717) is 21.9 Å². The first kappa shape index (κ1) is 24.4. The van der Waals surface area contributed by atoms with Crippen molar-refractivity contribution >= 4 is 23.2 Å². The largest absolute Gasteiger partial charge is 0.489 e. The number of aliphatic hydroxyl groups is 1. The Morgan fingerprint density at radius 2 is 1.74 bits per heavy atom. The van der Waals surface area contributed by atoms with Crippen molar-refractivity contribution in [2.45, 2.75) is 58.8 Å². The fraction of sp³-hybridized carbons (Fsp3) is 0.481. The molecule has 180 valence electrons. The molecule has 2 aliphatic rings. The Bertz CT molecular complexity index is 1080. The summed E-state index contributed by atoms with van der Waals surface area (Å²) in [5.41, 5.74) is 1.48. The molecular weight excluding hydrogens is 450 g/mol. The number of aliphatic hydroxyl groups excluding tert-OH is 1. The lowest BCUT2D eigenvalue weighted by Gasteiger charge is -2.63. The summed E-state index contributed by atoms with van der Waals surface area (Å²) >= 11 is 6.18. The van der Waals surface area contributed by atoms with Gasteiger partial charge in [-0.15, -0.1) is 0 Å². The Morgan fingerprint density at radius 3 is 2.29 bits per heavy atom. The van der Waals surface area contributed by atoms with Crippen molar-refractivity contribution in [2.75, 3.05) is 18.0 Å². The molecule has 0 spiro atoms. The second-order valence-electron chi connectivity index (χ2n) is 10.6. The minimum atomic E-state index is -0.311. The number of ether oxygens (including phenoxy) is 1. The molecule has 2 N–H and O–H groups in total. The molecule has 2 fully saturated rings. The van der Waals surface area contributed by atoms with Crippen LogP contribution in [-0.4, -0.2) is 42.4 Å². The van der Waals surface area contributed by atoms with E-state index in [-0.39, 0.29) is 35.0 Å². The van der Waals surface area contributed by atoms with Crippen LogP contribution in [0.5, 0.6) is 5.75 Å². The minimum absolute atomic E-state index is 0.0883. The summed E-state index contributed by atoms with van der Waals surface area (Å²) in [7, 11) is 0. The number of hydrogen-bond donors (Lipinski definition) is 2. The van der Waals surface area contributed by atoms with Gasteiger partial charge < -0.3 is 20.1 Å². The average Bonchev–Trinajstić information content (AvgIpc) is 2.81. The second-order valence-corrected chi connectivity index (χ2v) is 11.0. The number of nitriles is 1. The number of carbonyl (C=O) groups is 1. The van der Waals surface area contributed by atoms with Gasteiger partial charge >= 0.3 is 0 Å². The maximum absolute atomic E-state index is 13.1. The molecule has 0 unspecified atom stereocenters. The summed E-state index contributed by atoms with van der Waals surface area (Å²) in [4.78, 5) is 15.3. The summed E-state index contributed by atoms with van der Waals surface area (Å²) in [6.07, 6.45) is 1.18. The van der Waals surface area contributed by atoms with Gasteiger partial charge in [0, 0.05) is 47.3 Å². The van der Waals surface area contributed by atoms with Crippen molar-refractivity contribution in [2.24, 2.45) is 10.8 Å². The van der Waals surface area contributed by atoms with Crippen LogP contribution in [0, 0.1) is 22.2 Å². The average molecular weight is 482 g/mol. The molecule has 1 heterocycles. The van der Waals surface area contributed by atoms with Gasteiger partial charge in [-0.3, -0.25) is 4.79 Å². The number of carbonyl (C=O) groups excluding carboxylic acids is 1. The summed E-state index contributed by atoms with van der Waals surface area (Å²) in [5.74, 6) is 0.507. The Morgan fingerprint density at radius 1 is 1.12 bits per heavy atom. The number of rotatable bonds is 5. The monoisotopic (exact) mass is 481 g/mol. The predicted molar refractivity (Wildman–Crippen MR) is 133 cm³/mol. The molecule has 1 aliphatic carbocycles. The lowest BCUT2D eigenvalue weighted by atomic mass is 9.49. The van der Waals surface area contributed by atoms with Gasteiger partial charge in [0.05, 0.1) is 16.7 Å². The van der Waals surface area contributed by atoms with Crippen LogP contribution < -0.4 is 15.0 Å². The van der Waals surface area contributed by atoms with E-state index in [4.69, 9.17) is 21.6 Å². The lowest BCUT2D eigenvalue weighted by molar-refractivity contribution is -0.164. The standard InChI is InChI=1S/C27H32ClN3O3/c1-26(2)24(27(3,4)25(26)34-21-10-7-18(16-29)22(28)15-21)30-23(33)17-5-8-19(9-6-17)31-13-11-20(32)12-14-31/h5-10,15,20,24-25,32H,11-14H2,1-4H3,(H,30,33)/t24-,25-. The van der Waals surface area contributed by atoms with Crippen LogP contribution in [0.4, 0.5) is 5.69 Å². The Hall–Kier alpha value is -2.75. The molecule has 0 radical (unpaired) electrons. The third kappa shape index (κ3) is 4.47. The highest BCUT2D eigenvalue weighted by atomic mass is 35.5. The molecule has 1 saturated carbocycles. The number of hydrogen-bond acceptors (Lipinski definition) is 5. The van der Waals surface area contributed by atoms with E-state index in [1.54, 1.807) is 18.2 Å². The van der Waals surface area contributed by atoms with Crippen molar-refractivity contribution in [3.05, 3.63) is 58.6 Å². The molecule has 34 heavy (non-hydrogen) atoms. The zero-order chi connectivity index (χ0) is 24.7. The van der Waals surface area contributed by atoms with Gasteiger partial charge in [0.15, 0.2) is 0 Å². The molecule has 1 amide bonds. The Balaban J connectivity index is 1.42. The number of nitrogens with zero attached hydrogens (tertiary/aromatic N) is 2. The molecule has 6 nitrogen and oxygen atoms in total. The molecule has 0 bridgehead atoms. The van der Waals surface area contributed by atoms with Crippen LogP contribution in [0.15, 0.2) is 42.5 Å². The highest BCUT2D eigenvalue weighted by Gasteiger charge is 2.64. The lowest BCUT2D eigenvalue weighted by Crippen LogP contribution is -2.74. The Labute approximate surface area is 206 Å². The highest BCUT2D eigenvalue weighted by molar-refractivity contribution is 6.31. The van der Waals surface area contributed by atoms with Crippen LogP contribution in [0.1, 0.15) is 56.5 Å². The molecule has 4 rings (SSSR count). The number of nitrogens with one attached hydrogen (secondary N) is 1. The Kier molecular flexibility index (Phi) is 6.54. The topological polar surface area (TPSA) is 85.6 Å². The molecule has 7 heteroatoms. The fourth-order valence-electron chi connectivity index (χ4n) is 5.76. The molecule has 1 saturated heterocycles. The smallest absolute Gasteiger partial charge is 0.251 e. The van der Waals surface area contributed by atoms with Gasteiger partial charge in [-0.25, -0.2) is 0 Å². The van der Waals surface area contributed by atoms with Crippen LogP contribution in [-0.2, 0) is 0 Å². The van der Waals surface area contributed by atoms with Crippen LogP contribution in [0.2, 0.25) is 5.02 Å². The van der Waals surface area contributed by atoms with Crippen molar-refractivity contribution in [1.29, 1.82) is 5.26 Å². The molecule has 2 aromatic carbocycles. The van der Waals surface area contributed by atoms with E-state index in [0.717, 1.165) is 31.6 Å². The van der Waals surface area contributed by atoms with E-state index in [9.17, 15) is 9.90 Å². The number of halogens is 1. The van der Waals surface area contributed by atoms with Gasteiger partial charge in [-0.1, -0.05) is 39.3 Å². The van der Waals surface area contributed by atoms with Crippen molar-refractivity contribution < 1.29 is 14.6 Å². The quantitative estimate of drug-likeness (QED) is 0.641. The predicted octanol–water partition coefficient (Wildman–Crippen LogP) is 4.78. The third-order valence-electron chi connectivity index (χ3n) is 7.39. The molecule has 1 aliphatic heterocycles. The number of benzene rings is 2. The van der Waals surface area contributed by atoms with Crippen molar-refractivity contribution in [3.63, 3.8) is 0 Å². The van der Waals surface area contributed by atoms with Crippen molar-refractivity contribution in [1.82, 2.24) is 5.32 Å². The van der Waals surface area contributed by atoms with E-state index >= 15 is 0 Å². The molecular formula is C27H32ClN3O3. The zero-order valence-corrected chi connectivity index (χ0v) is 20.9. The maximum Gasteiger partial charge on any atom is 0.251 e. The first-order valence-electron chi connectivity index (χ1n) is 11.7. The summed E-state index contributed by atoms with van der Waals surface area (Å²) in [6, 6.07) is 14.7. The van der Waals surface area contributed by atoms with Gasteiger partial charge in [0.1, 0.15) is 17.9 Å². The van der Waals surface area contributed by atoms with E-state index in [2.05, 4.69) is 44.0 Å². The molecule has 0 atom stereocenters. The molecule has 2 aromatic rings. The maximum atomic E-state index is 13.1. The van der Waals surface area contributed by atoms with Gasteiger partial charge in [0.25, 0.3) is 5.91 Å². The van der Waals surface area contributed by atoms with E-state index in [1.165, 1.54) is 0 Å². The summed E-state index contributed by atoms with van der Waals surface area (Å²) in [5, 5.41) is 22.4. The SMILES string of the molecule is CC1(C)[C@H](NC(=O)c2ccc(N3CCC(O)CC3)cc2)C(C)(C)[C@H]1Oc1ccc(C#N)c(Cl)c1. The van der Waals surface area contributed by atoms with E-state index < -0.39 is 0 Å². The van der Waals surface area contributed by atoms with Gasteiger partial charge in [0.2, 0.25) is 0 Å². The number of amides is 1. The minimum Gasteiger partial charge on any atom is -0.489 e. The highest BCUT2D eigenvalue weighted by Crippen LogP contribution is 2.55. The van der Waals surface area contributed by atoms with E-state index in [1.807, 2.05) is 24.3 Å². The summed E-state index contributed by atoms with van der Waals surface area (Å²) < 4.78 is 6.30. The first-order chi connectivity index (χ1) is 16.0. The fourth-order valence-corrected chi connectivity index (χ4v) is 5.97. The van der Waals surface area contributed by atoms with Crippen LogP contribution in [0.3, 0.4) is 0 Å². The molecule has 0 aromatic heterocycles. The summed E-state index contributed by atoms with van der Waals surface area (Å²) in [6.45, 7) is 10.0.